The normalized spacial score (nSPS) is 10.1. The van der Waals surface area contributed by atoms with Crippen molar-refractivity contribution in [2.45, 2.75) is 6.61 Å². The van der Waals surface area contributed by atoms with Gasteiger partial charge in [-0.15, -0.1) is 0 Å². The monoisotopic (exact) mass is 346 g/mol. The summed E-state index contributed by atoms with van der Waals surface area (Å²) in [5, 5.41) is 0.387. The first-order valence-electron chi connectivity index (χ1n) is 4.59. The molecular weight excluding hydrogens is 338 g/mol. The van der Waals surface area contributed by atoms with Gasteiger partial charge in [0.2, 0.25) is 0 Å². The van der Waals surface area contributed by atoms with Crippen molar-refractivity contribution in [2.75, 3.05) is 0 Å². The van der Waals surface area contributed by atoms with Gasteiger partial charge in [-0.05, 0) is 46.9 Å². The first-order chi connectivity index (χ1) is 7.74. The highest BCUT2D eigenvalue weighted by Gasteiger charge is 1.98. The second kappa shape index (κ2) is 5.45. The molecule has 2 aromatic rings. The topological polar surface area (TPSA) is 35.0 Å². The Labute approximate surface area is 112 Å². The molecule has 5 heteroatoms. The van der Waals surface area contributed by atoms with Crippen molar-refractivity contribution in [1.29, 1.82) is 0 Å². The fraction of sp³-hybridized carbons (Fsp3) is 0.0909. The van der Waals surface area contributed by atoms with Crippen molar-refractivity contribution >= 4 is 34.2 Å². The zero-order valence-corrected chi connectivity index (χ0v) is 11.1. The lowest BCUT2D eigenvalue weighted by molar-refractivity contribution is 0.300. The Morgan fingerprint density at radius 1 is 1.12 bits per heavy atom. The molecule has 0 aliphatic heterocycles. The molecule has 82 valence electrons. The second-order valence-corrected chi connectivity index (χ2v) is 4.71. The maximum absolute atomic E-state index is 5.63. The van der Waals surface area contributed by atoms with Crippen LogP contribution in [0.15, 0.2) is 36.7 Å². The van der Waals surface area contributed by atoms with E-state index < -0.39 is 0 Å². The van der Waals surface area contributed by atoms with Crippen LogP contribution in [-0.4, -0.2) is 9.97 Å². The largest absolute Gasteiger partial charge is 0.487 e. The van der Waals surface area contributed by atoms with E-state index in [2.05, 4.69) is 32.6 Å². The van der Waals surface area contributed by atoms with Crippen molar-refractivity contribution in [2.24, 2.45) is 0 Å². The van der Waals surface area contributed by atoms with Gasteiger partial charge < -0.3 is 4.74 Å². The summed E-state index contributed by atoms with van der Waals surface area (Å²) < 4.78 is 6.72. The summed E-state index contributed by atoms with van der Waals surface area (Å²) in [4.78, 5) is 8.02. The summed E-state index contributed by atoms with van der Waals surface area (Å²) >= 11 is 7.88. The number of nitrogens with zero attached hydrogens (tertiary/aromatic N) is 2. The number of aromatic nitrogens is 2. The van der Waals surface area contributed by atoms with Gasteiger partial charge in [-0.2, -0.15) is 0 Å². The molecule has 2 rings (SSSR count). The number of rotatable bonds is 3. The lowest BCUT2D eigenvalue weighted by atomic mass is 10.3. The molecule has 3 nitrogen and oxygen atoms in total. The minimum absolute atomic E-state index is 0.387. The van der Waals surface area contributed by atoms with Crippen LogP contribution in [0.1, 0.15) is 5.69 Å². The molecule has 0 radical (unpaired) electrons. The van der Waals surface area contributed by atoms with Gasteiger partial charge in [-0.25, -0.2) is 4.98 Å². The van der Waals surface area contributed by atoms with Crippen LogP contribution in [0.5, 0.6) is 5.75 Å². The molecule has 0 fully saturated rings. The smallest absolute Gasteiger partial charge is 0.147 e. The van der Waals surface area contributed by atoms with Crippen LogP contribution in [0, 0.1) is 3.57 Å². The Hall–Kier alpha value is -0.880. The summed E-state index contributed by atoms with van der Waals surface area (Å²) in [6, 6.07) is 7.82. The van der Waals surface area contributed by atoms with Crippen LogP contribution < -0.4 is 4.74 Å². The molecule has 0 saturated heterocycles. The second-order valence-electron chi connectivity index (χ2n) is 3.07. The quantitative estimate of drug-likeness (QED) is 0.800. The number of hydrogen-bond donors (Lipinski definition) is 0. The zero-order valence-electron chi connectivity index (χ0n) is 8.23. The molecule has 16 heavy (non-hydrogen) atoms. The molecule has 0 spiro atoms. The fourth-order valence-corrected chi connectivity index (χ4v) is 1.56. The number of halogens is 2. The highest BCUT2D eigenvalue weighted by atomic mass is 127. The van der Waals surface area contributed by atoms with E-state index in [1.807, 2.05) is 24.3 Å². The van der Waals surface area contributed by atoms with Crippen LogP contribution in [0.2, 0.25) is 5.15 Å². The first kappa shape index (κ1) is 11.6. The molecular formula is C11H8ClIN2O. The van der Waals surface area contributed by atoms with Gasteiger partial charge in [-0.1, -0.05) is 11.6 Å². The van der Waals surface area contributed by atoms with Gasteiger partial charge in [0, 0.05) is 3.57 Å². The van der Waals surface area contributed by atoms with E-state index in [0.29, 0.717) is 11.8 Å². The molecule has 0 N–H and O–H groups in total. The molecule has 0 unspecified atom stereocenters. The summed E-state index contributed by atoms with van der Waals surface area (Å²) in [6.45, 7) is 0.394. The molecule has 1 heterocycles. The van der Waals surface area contributed by atoms with Crippen molar-refractivity contribution < 1.29 is 4.74 Å². The summed E-state index contributed by atoms with van der Waals surface area (Å²) in [5.74, 6) is 0.817. The van der Waals surface area contributed by atoms with Gasteiger partial charge in [0.25, 0.3) is 0 Å². The van der Waals surface area contributed by atoms with Crippen molar-refractivity contribution in [3.05, 3.63) is 51.1 Å². The first-order valence-corrected chi connectivity index (χ1v) is 6.04. The Bertz CT molecular complexity index is 413. The van der Waals surface area contributed by atoms with Gasteiger partial charge in [-0.3, -0.25) is 4.98 Å². The SMILES string of the molecule is Clc1cnc(COc2ccc(I)cc2)cn1. The van der Waals surface area contributed by atoms with Gasteiger partial charge >= 0.3 is 0 Å². The van der Waals surface area contributed by atoms with E-state index in [1.165, 1.54) is 9.77 Å². The third-order valence-electron chi connectivity index (χ3n) is 1.87. The maximum atomic E-state index is 5.63. The molecule has 0 saturated carbocycles. The third kappa shape index (κ3) is 3.31. The molecule has 0 amide bonds. The molecule has 0 aliphatic carbocycles. The Kier molecular flexibility index (Phi) is 3.95. The molecule has 0 aliphatic rings. The Morgan fingerprint density at radius 3 is 2.50 bits per heavy atom. The Balaban J connectivity index is 1.97. The predicted molar refractivity (Wildman–Crippen MR) is 70.5 cm³/mol. The van der Waals surface area contributed by atoms with E-state index >= 15 is 0 Å². The van der Waals surface area contributed by atoms with Crippen LogP contribution in [0.25, 0.3) is 0 Å². The molecule has 0 bridgehead atoms. The minimum atomic E-state index is 0.387. The van der Waals surface area contributed by atoms with Crippen molar-refractivity contribution in [3.8, 4) is 5.75 Å². The maximum Gasteiger partial charge on any atom is 0.147 e. The zero-order chi connectivity index (χ0) is 11.4. The van der Waals surface area contributed by atoms with Crippen molar-refractivity contribution in [1.82, 2.24) is 9.97 Å². The van der Waals surface area contributed by atoms with Crippen LogP contribution >= 0.6 is 34.2 Å². The highest BCUT2D eigenvalue weighted by Crippen LogP contribution is 2.14. The summed E-state index contributed by atoms with van der Waals surface area (Å²) in [5.41, 5.74) is 0.753. The lowest BCUT2D eigenvalue weighted by Gasteiger charge is -2.05. The molecule has 1 aromatic carbocycles. The van der Waals surface area contributed by atoms with Gasteiger partial charge in [0.15, 0.2) is 0 Å². The third-order valence-corrected chi connectivity index (χ3v) is 2.79. The minimum Gasteiger partial charge on any atom is -0.487 e. The molecule has 1 aromatic heterocycles. The Morgan fingerprint density at radius 2 is 1.88 bits per heavy atom. The number of ether oxygens (including phenoxy) is 1. The standard InChI is InChI=1S/C11H8ClIN2O/c12-11-6-14-9(5-15-11)7-16-10-3-1-8(13)2-4-10/h1-6H,7H2. The van der Waals surface area contributed by atoms with E-state index in [1.54, 1.807) is 6.20 Å². The van der Waals surface area contributed by atoms with Crippen molar-refractivity contribution in [3.63, 3.8) is 0 Å². The van der Waals surface area contributed by atoms with Gasteiger partial charge in [0.1, 0.15) is 17.5 Å². The fourth-order valence-electron chi connectivity index (χ4n) is 1.10. The summed E-state index contributed by atoms with van der Waals surface area (Å²) in [6.07, 6.45) is 3.11. The van der Waals surface area contributed by atoms with Crippen LogP contribution in [-0.2, 0) is 6.61 Å². The van der Waals surface area contributed by atoms with E-state index in [-0.39, 0.29) is 0 Å². The average molecular weight is 347 g/mol. The number of hydrogen-bond acceptors (Lipinski definition) is 3. The number of benzene rings is 1. The van der Waals surface area contributed by atoms with E-state index in [9.17, 15) is 0 Å². The van der Waals surface area contributed by atoms with E-state index in [4.69, 9.17) is 16.3 Å². The van der Waals surface area contributed by atoms with E-state index in [0.717, 1.165) is 11.4 Å². The van der Waals surface area contributed by atoms with Gasteiger partial charge in [0.05, 0.1) is 18.1 Å². The highest BCUT2D eigenvalue weighted by molar-refractivity contribution is 14.1. The average Bonchev–Trinajstić information content (AvgIpc) is 2.30. The molecule has 0 atom stereocenters. The van der Waals surface area contributed by atoms with Crippen LogP contribution in [0.4, 0.5) is 0 Å². The predicted octanol–water partition coefficient (Wildman–Crippen LogP) is 3.31. The van der Waals surface area contributed by atoms with Crippen LogP contribution in [0.3, 0.4) is 0 Å². The summed E-state index contributed by atoms with van der Waals surface area (Å²) in [7, 11) is 0. The lowest BCUT2D eigenvalue weighted by Crippen LogP contribution is -1.98.